The maximum atomic E-state index is 9.39. The van der Waals surface area contributed by atoms with Crippen molar-refractivity contribution >= 4 is 10.9 Å². The van der Waals surface area contributed by atoms with Crippen LogP contribution in [0.5, 0.6) is 0 Å². The molecule has 0 amide bonds. The minimum Gasteiger partial charge on any atom is -0.350 e. The molecule has 1 aliphatic rings. The predicted molar refractivity (Wildman–Crippen MR) is 64.0 cm³/mol. The Morgan fingerprint density at radius 2 is 2.12 bits per heavy atom. The summed E-state index contributed by atoms with van der Waals surface area (Å²) in [6, 6.07) is 10.8. The number of aryl methyl sites for hydroxylation is 1. The fourth-order valence-corrected chi connectivity index (χ4v) is 2.71. The van der Waals surface area contributed by atoms with E-state index in [1.165, 1.54) is 16.5 Å². The quantitative estimate of drug-likeness (QED) is 0.711. The minimum absolute atomic E-state index is 0.221. The van der Waals surface area contributed by atoms with Crippen LogP contribution >= 0.6 is 0 Å². The summed E-state index contributed by atoms with van der Waals surface area (Å²) >= 11 is 0. The molecule has 1 heterocycles. The summed E-state index contributed by atoms with van der Waals surface area (Å²) in [5, 5.41) is 10.6. The molecule has 1 aromatic heterocycles. The maximum absolute atomic E-state index is 9.39. The molecule has 2 heteroatoms. The van der Waals surface area contributed by atoms with Gasteiger partial charge in [0, 0.05) is 24.1 Å². The molecule has 0 spiro atoms. The summed E-state index contributed by atoms with van der Waals surface area (Å²) < 4.78 is 2.12. The number of benzene rings is 1. The average Bonchev–Trinajstić information content (AvgIpc) is 2.86. The number of fused-ring (bicyclic) bond motifs is 1. The van der Waals surface area contributed by atoms with Crippen LogP contribution in [-0.4, -0.2) is 4.57 Å². The molecule has 0 saturated heterocycles. The average molecular weight is 210 g/mol. The fraction of sp³-hybridized carbons (Fsp3) is 0.357. The molecular formula is C14H14N2. The predicted octanol–water partition coefficient (Wildman–Crippen LogP) is 2.98. The topological polar surface area (TPSA) is 28.7 Å². The normalized spacial score (nSPS) is 27.9. The van der Waals surface area contributed by atoms with E-state index in [-0.39, 0.29) is 5.41 Å². The van der Waals surface area contributed by atoms with E-state index < -0.39 is 0 Å². The van der Waals surface area contributed by atoms with E-state index in [2.05, 4.69) is 35.9 Å². The summed E-state index contributed by atoms with van der Waals surface area (Å²) in [7, 11) is 2.05. The maximum Gasteiger partial charge on any atom is 0.0872 e. The van der Waals surface area contributed by atoms with Crippen LogP contribution in [0.25, 0.3) is 10.9 Å². The lowest BCUT2D eigenvalue weighted by atomic mass is 9.95. The first-order valence-electron chi connectivity index (χ1n) is 5.65. The molecule has 2 atom stereocenters. The van der Waals surface area contributed by atoms with Gasteiger partial charge in [0.05, 0.1) is 11.5 Å². The first kappa shape index (κ1) is 9.47. The van der Waals surface area contributed by atoms with Crippen LogP contribution in [0.3, 0.4) is 0 Å². The van der Waals surface area contributed by atoms with E-state index in [1.807, 2.05) is 19.2 Å². The third-order valence-corrected chi connectivity index (χ3v) is 3.89. The fourth-order valence-electron chi connectivity index (χ4n) is 2.71. The molecule has 0 bridgehead atoms. The van der Waals surface area contributed by atoms with Gasteiger partial charge in [0.2, 0.25) is 0 Å². The Bertz CT molecular complexity index is 603. The van der Waals surface area contributed by atoms with Crippen molar-refractivity contribution in [1.82, 2.24) is 4.57 Å². The molecule has 80 valence electrons. The summed E-state index contributed by atoms with van der Waals surface area (Å²) in [5.74, 6) is 0.489. The van der Waals surface area contributed by atoms with Crippen molar-refractivity contribution in [2.75, 3.05) is 0 Å². The Balaban J connectivity index is 2.30. The van der Waals surface area contributed by atoms with Gasteiger partial charge in [-0.2, -0.15) is 5.26 Å². The lowest BCUT2D eigenvalue weighted by Crippen LogP contribution is -2.04. The van der Waals surface area contributed by atoms with Crippen LogP contribution in [0.1, 0.15) is 18.9 Å². The molecular weight excluding hydrogens is 196 g/mol. The lowest BCUT2D eigenvalue weighted by molar-refractivity contribution is 0.790. The Morgan fingerprint density at radius 3 is 2.75 bits per heavy atom. The Kier molecular flexibility index (Phi) is 1.71. The first-order chi connectivity index (χ1) is 7.69. The third kappa shape index (κ3) is 1.01. The second-order valence-electron chi connectivity index (χ2n) is 4.86. The number of nitriles is 1. The van der Waals surface area contributed by atoms with E-state index in [9.17, 15) is 5.26 Å². The highest BCUT2D eigenvalue weighted by Crippen LogP contribution is 2.55. The first-order valence-corrected chi connectivity index (χ1v) is 5.65. The standard InChI is InChI=1S/C14H14N2/c1-10-7-14(10,9-15)12-8-16(2)13-6-4-3-5-11(12)13/h3-6,8,10H,7H2,1-2H3. The summed E-state index contributed by atoms with van der Waals surface area (Å²) in [6.45, 7) is 2.16. The molecule has 16 heavy (non-hydrogen) atoms. The molecule has 1 saturated carbocycles. The van der Waals surface area contributed by atoms with Crippen LogP contribution in [0.15, 0.2) is 30.5 Å². The minimum atomic E-state index is -0.221. The molecule has 1 aliphatic carbocycles. The Labute approximate surface area is 95.1 Å². The van der Waals surface area contributed by atoms with Gasteiger partial charge >= 0.3 is 0 Å². The van der Waals surface area contributed by atoms with E-state index in [0.29, 0.717) is 5.92 Å². The van der Waals surface area contributed by atoms with Gasteiger partial charge in [-0.1, -0.05) is 25.1 Å². The molecule has 0 aliphatic heterocycles. The van der Waals surface area contributed by atoms with E-state index >= 15 is 0 Å². The number of para-hydroxylation sites is 1. The summed E-state index contributed by atoms with van der Waals surface area (Å²) in [5.41, 5.74) is 2.20. The van der Waals surface area contributed by atoms with Crippen LogP contribution < -0.4 is 0 Å². The Morgan fingerprint density at radius 1 is 1.44 bits per heavy atom. The zero-order chi connectivity index (χ0) is 11.3. The SMILES string of the molecule is CC1CC1(C#N)c1cn(C)c2ccccc12. The highest BCUT2D eigenvalue weighted by Gasteiger charge is 2.54. The van der Waals surface area contributed by atoms with Gasteiger partial charge in [0.25, 0.3) is 0 Å². The second-order valence-corrected chi connectivity index (χ2v) is 4.86. The smallest absolute Gasteiger partial charge is 0.0872 e. The zero-order valence-electron chi connectivity index (χ0n) is 9.57. The summed E-state index contributed by atoms with van der Waals surface area (Å²) in [4.78, 5) is 0. The monoisotopic (exact) mass is 210 g/mol. The molecule has 2 unspecified atom stereocenters. The highest BCUT2D eigenvalue weighted by molar-refractivity contribution is 5.86. The molecule has 3 rings (SSSR count). The van der Waals surface area contributed by atoms with E-state index in [0.717, 1.165) is 6.42 Å². The summed E-state index contributed by atoms with van der Waals surface area (Å²) in [6.07, 6.45) is 3.12. The van der Waals surface area contributed by atoms with Crippen molar-refractivity contribution in [3.05, 3.63) is 36.0 Å². The van der Waals surface area contributed by atoms with E-state index in [1.54, 1.807) is 0 Å². The van der Waals surface area contributed by atoms with Crippen molar-refractivity contribution in [2.24, 2.45) is 13.0 Å². The van der Waals surface area contributed by atoms with Crippen molar-refractivity contribution in [3.63, 3.8) is 0 Å². The van der Waals surface area contributed by atoms with Crippen LogP contribution in [0.2, 0.25) is 0 Å². The number of hydrogen-bond acceptors (Lipinski definition) is 1. The molecule has 2 nitrogen and oxygen atoms in total. The molecule has 0 radical (unpaired) electrons. The Hall–Kier alpha value is -1.75. The third-order valence-electron chi connectivity index (χ3n) is 3.89. The van der Waals surface area contributed by atoms with Gasteiger partial charge < -0.3 is 4.57 Å². The molecule has 1 aromatic carbocycles. The molecule has 2 aromatic rings. The van der Waals surface area contributed by atoms with Crippen LogP contribution in [0.4, 0.5) is 0 Å². The number of hydrogen-bond donors (Lipinski definition) is 0. The van der Waals surface area contributed by atoms with Crippen LogP contribution in [0, 0.1) is 17.2 Å². The number of rotatable bonds is 1. The lowest BCUT2D eigenvalue weighted by Gasteiger charge is -2.04. The number of aromatic nitrogens is 1. The highest BCUT2D eigenvalue weighted by atomic mass is 14.9. The van der Waals surface area contributed by atoms with Crippen molar-refractivity contribution < 1.29 is 0 Å². The van der Waals surface area contributed by atoms with Gasteiger partial charge in [-0.3, -0.25) is 0 Å². The molecule has 0 N–H and O–H groups in total. The van der Waals surface area contributed by atoms with Crippen molar-refractivity contribution in [2.45, 2.75) is 18.8 Å². The number of nitrogens with zero attached hydrogens (tertiary/aromatic N) is 2. The zero-order valence-corrected chi connectivity index (χ0v) is 9.57. The van der Waals surface area contributed by atoms with Gasteiger partial charge in [0.15, 0.2) is 0 Å². The van der Waals surface area contributed by atoms with Crippen molar-refractivity contribution in [1.29, 1.82) is 5.26 Å². The van der Waals surface area contributed by atoms with Gasteiger partial charge in [-0.25, -0.2) is 0 Å². The van der Waals surface area contributed by atoms with E-state index in [4.69, 9.17) is 0 Å². The van der Waals surface area contributed by atoms with Crippen molar-refractivity contribution in [3.8, 4) is 6.07 Å². The second kappa shape index (κ2) is 2.89. The van der Waals surface area contributed by atoms with Gasteiger partial charge in [-0.15, -0.1) is 0 Å². The van der Waals surface area contributed by atoms with Gasteiger partial charge in [-0.05, 0) is 24.0 Å². The largest absolute Gasteiger partial charge is 0.350 e. The van der Waals surface area contributed by atoms with Crippen LogP contribution in [-0.2, 0) is 12.5 Å². The molecule has 1 fully saturated rings. The van der Waals surface area contributed by atoms with Gasteiger partial charge in [0.1, 0.15) is 0 Å².